The van der Waals surface area contributed by atoms with Gasteiger partial charge in [-0.1, -0.05) is 0 Å². The number of benzene rings is 1. The zero-order valence-corrected chi connectivity index (χ0v) is 9.27. The molecule has 5 nitrogen and oxygen atoms in total. The number of nitrogen functional groups attached to an aromatic ring is 1. The van der Waals surface area contributed by atoms with Crippen molar-refractivity contribution in [2.45, 2.75) is 5.51 Å². The van der Waals surface area contributed by atoms with Crippen LogP contribution in [-0.4, -0.2) is 19.8 Å². The van der Waals surface area contributed by atoms with E-state index in [0.717, 1.165) is 16.9 Å². The lowest BCUT2D eigenvalue weighted by Gasteiger charge is -2.10. The van der Waals surface area contributed by atoms with E-state index in [0.29, 0.717) is 6.07 Å². The van der Waals surface area contributed by atoms with Crippen molar-refractivity contribution in [3.63, 3.8) is 0 Å². The normalized spacial score (nSPS) is 12.2. The number of hydrogen-bond acceptors (Lipinski definition) is 4. The Hall–Kier alpha value is -1.84. The number of nitrogens with two attached hydrogens (primary N) is 1. The number of amides is 1. The van der Waals surface area contributed by atoms with Crippen LogP contribution in [0.2, 0.25) is 0 Å². The molecule has 0 fully saturated rings. The third-order valence-electron chi connectivity index (χ3n) is 1.79. The van der Waals surface area contributed by atoms with Crippen LogP contribution in [0.1, 0.15) is 10.4 Å². The summed E-state index contributed by atoms with van der Waals surface area (Å²) in [5.41, 5.74) is -1.49. The molecule has 0 aliphatic rings. The standard InChI is InChI=1S/C8H6F4N2O3S/c9-4-1-2-6(13)5(3-4)7(15)14-18(16,17)8(10,11)12/h1-3H,13H2,(H,14,15). The van der Waals surface area contributed by atoms with E-state index in [1.54, 1.807) is 0 Å². The average Bonchev–Trinajstić information content (AvgIpc) is 2.19. The lowest BCUT2D eigenvalue weighted by Crippen LogP contribution is -2.40. The van der Waals surface area contributed by atoms with Gasteiger partial charge in [0.2, 0.25) is 0 Å². The van der Waals surface area contributed by atoms with Gasteiger partial charge < -0.3 is 5.73 Å². The van der Waals surface area contributed by atoms with Gasteiger partial charge in [-0.15, -0.1) is 0 Å². The fraction of sp³-hybridized carbons (Fsp3) is 0.125. The lowest BCUT2D eigenvalue weighted by molar-refractivity contribution is -0.0446. The molecule has 10 heteroatoms. The molecule has 0 bridgehead atoms. The topological polar surface area (TPSA) is 89.3 Å². The van der Waals surface area contributed by atoms with E-state index in [2.05, 4.69) is 0 Å². The molecule has 1 aromatic carbocycles. The van der Waals surface area contributed by atoms with Crippen LogP contribution < -0.4 is 10.5 Å². The molecule has 0 saturated heterocycles. The molecule has 1 rings (SSSR count). The molecule has 0 saturated carbocycles. The average molecular weight is 286 g/mol. The van der Waals surface area contributed by atoms with Crippen molar-refractivity contribution in [3.8, 4) is 0 Å². The van der Waals surface area contributed by atoms with Gasteiger partial charge >= 0.3 is 15.5 Å². The molecule has 0 radical (unpaired) electrons. The Morgan fingerprint density at radius 2 is 1.83 bits per heavy atom. The number of alkyl halides is 3. The van der Waals surface area contributed by atoms with Crippen LogP contribution in [0.3, 0.4) is 0 Å². The summed E-state index contributed by atoms with van der Waals surface area (Å²) < 4.78 is 70.7. The summed E-state index contributed by atoms with van der Waals surface area (Å²) in [6.45, 7) is 0. The summed E-state index contributed by atoms with van der Waals surface area (Å²) in [5, 5.41) is 0. The number of hydrogen-bond donors (Lipinski definition) is 2. The zero-order chi connectivity index (χ0) is 14.1. The summed E-state index contributed by atoms with van der Waals surface area (Å²) in [6, 6.07) is 2.31. The minimum atomic E-state index is -5.85. The van der Waals surface area contributed by atoms with Crippen molar-refractivity contribution in [3.05, 3.63) is 29.6 Å². The molecule has 1 aromatic rings. The van der Waals surface area contributed by atoms with Crippen LogP contribution in [0.15, 0.2) is 18.2 Å². The Morgan fingerprint density at radius 3 is 2.33 bits per heavy atom. The molecule has 0 aromatic heterocycles. The Labute approximate surface area is 98.6 Å². The number of anilines is 1. The van der Waals surface area contributed by atoms with Crippen LogP contribution >= 0.6 is 0 Å². The monoisotopic (exact) mass is 286 g/mol. The predicted octanol–water partition coefficient (Wildman–Crippen LogP) is 0.987. The molecule has 0 aliphatic heterocycles. The number of carbonyl (C=O) groups excluding carboxylic acids is 1. The maximum absolute atomic E-state index is 12.8. The second-order valence-corrected chi connectivity index (χ2v) is 4.79. The van der Waals surface area contributed by atoms with Crippen molar-refractivity contribution >= 4 is 21.6 Å². The molecule has 18 heavy (non-hydrogen) atoms. The van der Waals surface area contributed by atoms with E-state index in [4.69, 9.17) is 5.73 Å². The second kappa shape index (κ2) is 4.44. The number of halogens is 4. The maximum atomic E-state index is 12.8. The van der Waals surface area contributed by atoms with Crippen LogP contribution in [0.4, 0.5) is 23.2 Å². The van der Waals surface area contributed by atoms with Crippen molar-refractivity contribution < 1.29 is 30.8 Å². The molecule has 0 atom stereocenters. The highest BCUT2D eigenvalue weighted by atomic mass is 32.2. The minimum Gasteiger partial charge on any atom is -0.398 e. The summed E-state index contributed by atoms with van der Waals surface area (Å²) in [5.74, 6) is -2.61. The molecular weight excluding hydrogens is 280 g/mol. The largest absolute Gasteiger partial charge is 0.516 e. The van der Waals surface area contributed by atoms with Crippen molar-refractivity contribution in [1.29, 1.82) is 0 Å². The molecule has 3 N–H and O–H groups in total. The number of rotatable bonds is 2. The Morgan fingerprint density at radius 1 is 1.28 bits per heavy atom. The first-order valence-corrected chi connectivity index (χ1v) is 5.71. The molecule has 0 spiro atoms. The van der Waals surface area contributed by atoms with Gasteiger partial charge in [-0.25, -0.2) is 9.11 Å². The van der Waals surface area contributed by atoms with Gasteiger partial charge in [0, 0.05) is 5.69 Å². The van der Waals surface area contributed by atoms with Crippen molar-refractivity contribution in [1.82, 2.24) is 4.72 Å². The molecule has 1 amide bonds. The van der Waals surface area contributed by atoms with Gasteiger partial charge in [0.25, 0.3) is 5.91 Å². The van der Waals surface area contributed by atoms with E-state index >= 15 is 0 Å². The first-order valence-electron chi connectivity index (χ1n) is 4.23. The summed E-state index contributed by atoms with van der Waals surface area (Å²) >= 11 is 0. The summed E-state index contributed by atoms with van der Waals surface area (Å²) in [7, 11) is -5.85. The molecule has 0 heterocycles. The van der Waals surface area contributed by atoms with Gasteiger partial charge in [-0.2, -0.15) is 21.6 Å². The SMILES string of the molecule is Nc1ccc(F)cc1C(=O)NS(=O)(=O)C(F)(F)F. The summed E-state index contributed by atoms with van der Waals surface area (Å²) in [4.78, 5) is 11.2. The van der Waals surface area contributed by atoms with Crippen molar-refractivity contribution in [2.24, 2.45) is 0 Å². The molecular formula is C8H6F4N2O3S. The molecule has 0 aliphatic carbocycles. The third-order valence-corrected chi connectivity index (χ3v) is 2.86. The fourth-order valence-corrected chi connectivity index (χ4v) is 1.43. The highest BCUT2D eigenvalue weighted by Gasteiger charge is 2.47. The van der Waals surface area contributed by atoms with Crippen LogP contribution in [0.5, 0.6) is 0 Å². The Kier molecular flexibility index (Phi) is 3.51. The smallest absolute Gasteiger partial charge is 0.398 e. The number of carbonyl (C=O) groups is 1. The zero-order valence-electron chi connectivity index (χ0n) is 8.45. The van der Waals surface area contributed by atoms with E-state index in [1.807, 2.05) is 0 Å². The van der Waals surface area contributed by atoms with Crippen molar-refractivity contribution in [2.75, 3.05) is 5.73 Å². The van der Waals surface area contributed by atoms with Crippen LogP contribution in [-0.2, 0) is 10.0 Å². The molecule has 0 unspecified atom stereocenters. The Bertz CT molecular complexity index is 582. The van der Waals surface area contributed by atoms with Crippen LogP contribution in [0, 0.1) is 5.82 Å². The lowest BCUT2D eigenvalue weighted by atomic mass is 10.2. The fourth-order valence-electron chi connectivity index (χ4n) is 0.960. The van der Waals surface area contributed by atoms with Gasteiger partial charge in [-0.3, -0.25) is 4.79 Å². The first kappa shape index (κ1) is 14.2. The molecule has 100 valence electrons. The van der Waals surface area contributed by atoms with E-state index in [1.165, 1.54) is 0 Å². The quantitative estimate of drug-likeness (QED) is 0.626. The maximum Gasteiger partial charge on any atom is 0.516 e. The Balaban J connectivity index is 3.08. The summed E-state index contributed by atoms with van der Waals surface area (Å²) in [6.07, 6.45) is 0. The first-order chi connectivity index (χ1) is 8.04. The van der Waals surface area contributed by atoms with E-state index in [9.17, 15) is 30.8 Å². The predicted molar refractivity (Wildman–Crippen MR) is 53.3 cm³/mol. The van der Waals surface area contributed by atoms with E-state index in [-0.39, 0.29) is 5.69 Å². The third kappa shape index (κ3) is 2.88. The van der Waals surface area contributed by atoms with Gasteiger partial charge in [0.1, 0.15) is 5.82 Å². The number of sulfonamides is 1. The highest BCUT2D eigenvalue weighted by Crippen LogP contribution is 2.22. The van der Waals surface area contributed by atoms with Crippen LogP contribution in [0.25, 0.3) is 0 Å². The van der Waals surface area contributed by atoms with E-state index < -0.39 is 32.8 Å². The van der Waals surface area contributed by atoms with Gasteiger partial charge in [0.15, 0.2) is 0 Å². The second-order valence-electron chi connectivity index (χ2n) is 3.11. The van der Waals surface area contributed by atoms with Gasteiger partial charge in [-0.05, 0) is 18.2 Å². The number of nitrogens with one attached hydrogen (secondary N) is 1. The van der Waals surface area contributed by atoms with Gasteiger partial charge in [0.05, 0.1) is 5.56 Å². The minimum absolute atomic E-state index is 0.355. The highest BCUT2D eigenvalue weighted by molar-refractivity contribution is 7.90.